The number of morpholine rings is 1. The van der Waals surface area contributed by atoms with Crippen LogP contribution in [0.1, 0.15) is 25.3 Å². The Labute approximate surface area is 126 Å². The largest absolute Gasteiger partial charge is 0.497 e. The van der Waals surface area contributed by atoms with Crippen molar-refractivity contribution in [3.63, 3.8) is 0 Å². The first kappa shape index (κ1) is 15.6. The first-order valence-electron chi connectivity index (χ1n) is 7.24. The van der Waals surface area contributed by atoms with E-state index in [-0.39, 0.29) is 5.91 Å². The van der Waals surface area contributed by atoms with Gasteiger partial charge in [0, 0.05) is 13.5 Å². The summed E-state index contributed by atoms with van der Waals surface area (Å²) in [4.78, 5) is 14.0. The van der Waals surface area contributed by atoms with Gasteiger partial charge >= 0.3 is 0 Å². The lowest BCUT2D eigenvalue weighted by molar-refractivity contribution is -0.183. The summed E-state index contributed by atoms with van der Waals surface area (Å²) in [6.45, 7) is 6.34. The van der Waals surface area contributed by atoms with E-state index in [1.807, 2.05) is 31.3 Å². The number of carbonyl (C=O) groups is 1. The molecule has 4 nitrogen and oxygen atoms in total. The molecule has 0 saturated carbocycles. The fraction of sp³-hybridized carbons (Fsp3) is 0.471. The van der Waals surface area contributed by atoms with Crippen LogP contribution in [0.5, 0.6) is 5.75 Å². The molecule has 114 valence electrons. The molecule has 1 aromatic carbocycles. The van der Waals surface area contributed by atoms with Crippen molar-refractivity contribution in [1.82, 2.24) is 4.90 Å². The van der Waals surface area contributed by atoms with Gasteiger partial charge in [-0.05, 0) is 24.1 Å². The first-order chi connectivity index (χ1) is 10.1. The molecule has 2 rings (SSSR count). The van der Waals surface area contributed by atoms with Crippen molar-refractivity contribution in [3.05, 3.63) is 42.5 Å². The summed E-state index contributed by atoms with van der Waals surface area (Å²) >= 11 is 0. The maximum atomic E-state index is 12.2. The number of methoxy groups -OCH3 is 1. The Kier molecular flexibility index (Phi) is 4.68. The molecule has 0 N–H and O–H groups in total. The molecular formula is C17H23NO3. The van der Waals surface area contributed by atoms with Gasteiger partial charge < -0.3 is 14.4 Å². The molecule has 2 unspecified atom stereocenters. The lowest BCUT2D eigenvalue weighted by Gasteiger charge is -2.44. The van der Waals surface area contributed by atoms with Crippen LogP contribution in [-0.2, 0) is 15.1 Å². The lowest BCUT2D eigenvalue weighted by atomic mass is 9.88. The van der Waals surface area contributed by atoms with E-state index in [1.165, 1.54) is 0 Å². The second-order valence-corrected chi connectivity index (χ2v) is 5.40. The molecule has 0 aromatic heterocycles. The standard InChI is InChI=1S/C17H23NO3/c1-5-8-15-16(19)18(3)12-17(6-2,21-15)13-9-7-10-14(11-13)20-4/h5,7,9-11,15H,1,6,8,12H2,2-4H3. The summed E-state index contributed by atoms with van der Waals surface area (Å²) in [5.74, 6) is 0.811. The third kappa shape index (κ3) is 2.95. The molecule has 2 atom stereocenters. The van der Waals surface area contributed by atoms with Crippen molar-refractivity contribution in [2.45, 2.75) is 31.5 Å². The van der Waals surface area contributed by atoms with E-state index < -0.39 is 11.7 Å². The Morgan fingerprint density at radius 2 is 2.33 bits per heavy atom. The molecular weight excluding hydrogens is 266 g/mol. The van der Waals surface area contributed by atoms with Crippen molar-refractivity contribution in [1.29, 1.82) is 0 Å². The molecule has 21 heavy (non-hydrogen) atoms. The van der Waals surface area contributed by atoms with Crippen molar-refractivity contribution in [2.75, 3.05) is 20.7 Å². The minimum absolute atomic E-state index is 0.0156. The van der Waals surface area contributed by atoms with Crippen molar-refractivity contribution in [3.8, 4) is 5.75 Å². The summed E-state index contributed by atoms with van der Waals surface area (Å²) in [5, 5.41) is 0. The van der Waals surface area contributed by atoms with Gasteiger partial charge in [-0.1, -0.05) is 25.1 Å². The molecule has 1 aromatic rings. The molecule has 0 aliphatic carbocycles. The number of ether oxygens (including phenoxy) is 2. The average Bonchev–Trinajstić information content (AvgIpc) is 2.52. The van der Waals surface area contributed by atoms with E-state index >= 15 is 0 Å². The molecule has 1 amide bonds. The normalized spacial score (nSPS) is 25.8. The summed E-state index contributed by atoms with van der Waals surface area (Å²) < 4.78 is 11.5. The Balaban J connectivity index is 2.39. The van der Waals surface area contributed by atoms with E-state index in [2.05, 4.69) is 13.5 Å². The fourth-order valence-electron chi connectivity index (χ4n) is 2.83. The molecule has 1 heterocycles. The number of carbonyl (C=O) groups excluding carboxylic acids is 1. The highest BCUT2D eigenvalue weighted by atomic mass is 16.5. The van der Waals surface area contributed by atoms with Crippen LogP contribution >= 0.6 is 0 Å². The second-order valence-electron chi connectivity index (χ2n) is 5.40. The Hall–Kier alpha value is -1.81. The molecule has 4 heteroatoms. The van der Waals surface area contributed by atoms with E-state index in [0.29, 0.717) is 13.0 Å². The third-order valence-corrected chi connectivity index (χ3v) is 4.06. The topological polar surface area (TPSA) is 38.8 Å². The van der Waals surface area contributed by atoms with Crippen LogP contribution in [0.3, 0.4) is 0 Å². The van der Waals surface area contributed by atoms with E-state index in [0.717, 1.165) is 17.7 Å². The molecule has 0 spiro atoms. The monoisotopic (exact) mass is 289 g/mol. The SMILES string of the molecule is C=CCC1OC(CC)(c2cccc(OC)c2)CN(C)C1=O. The first-order valence-corrected chi connectivity index (χ1v) is 7.24. The molecule has 0 radical (unpaired) electrons. The molecule has 1 fully saturated rings. The highest BCUT2D eigenvalue weighted by molar-refractivity contribution is 5.81. The number of rotatable bonds is 5. The van der Waals surface area contributed by atoms with Gasteiger partial charge in [-0.3, -0.25) is 4.79 Å². The van der Waals surface area contributed by atoms with E-state index in [1.54, 1.807) is 18.1 Å². The van der Waals surface area contributed by atoms with Crippen LogP contribution in [0.15, 0.2) is 36.9 Å². The highest BCUT2D eigenvalue weighted by Gasteiger charge is 2.43. The van der Waals surface area contributed by atoms with Crippen LogP contribution in [-0.4, -0.2) is 37.6 Å². The number of hydrogen-bond donors (Lipinski definition) is 0. The quantitative estimate of drug-likeness (QED) is 0.782. The van der Waals surface area contributed by atoms with Gasteiger partial charge in [0.15, 0.2) is 0 Å². The van der Waals surface area contributed by atoms with Crippen LogP contribution in [0.2, 0.25) is 0 Å². The third-order valence-electron chi connectivity index (χ3n) is 4.06. The van der Waals surface area contributed by atoms with Crippen molar-refractivity contribution >= 4 is 5.91 Å². The summed E-state index contributed by atoms with van der Waals surface area (Å²) in [6.07, 6.45) is 2.57. The van der Waals surface area contributed by atoms with Crippen LogP contribution in [0.4, 0.5) is 0 Å². The van der Waals surface area contributed by atoms with Gasteiger partial charge in [0.25, 0.3) is 5.91 Å². The number of hydrogen-bond acceptors (Lipinski definition) is 3. The fourth-order valence-corrected chi connectivity index (χ4v) is 2.83. The maximum Gasteiger partial charge on any atom is 0.251 e. The van der Waals surface area contributed by atoms with Gasteiger partial charge in [0.05, 0.1) is 13.7 Å². The van der Waals surface area contributed by atoms with Crippen molar-refractivity contribution < 1.29 is 14.3 Å². The summed E-state index contributed by atoms with van der Waals surface area (Å²) in [6, 6.07) is 7.87. The Morgan fingerprint density at radius 3 is 2.95 bits per heavy atom. The zero-order valence-corrected chi connectivity index (χ0v) is 13.0. The van der Waals surface area contributed by atoms with Crippen LogP contribution in [0.25, 0.3) is 0 Å². The minimum Gasteiger partial charge on any atom is -0.497 e. The van der Waals surface area contributed by atoms with Crippen LogP contribution < -0.4 is 4.74 Å². The predicted molar refractivity (Wildman–Crippen MR) is 82.3 cm³/mol. The molecule has 1 aliphatic heterocycles. The maximum absolute atomic E-state index is 12.2. The van der Waals surface area contributed by atoms with Gasteiger partial charge in [-0.25, -0.2) is 0 Å². The average molecular weight is 289 g/mol. The molecule has 0 bridgehead atoms. The van der Waals surface area contributed by atoms with Gasteiger partial charge in [0.2, 0.25) is 0 Å². The van der Waals surface area contributed by atoms with Gasteiger partial charge in [0.1, 0.15) is 17.5 Å². The predicted octanol–water partition coefficient (Wildman–Crippen LogP) is 2.73. The van der Waals surface area contributed by atoms with Crippen LogP contribution in [0, 0.1) is 0 Å². The number of nitrogens with zero attached hydrogens (tertiary/aromatic N) is 1. The Bertz CT molecular complexity index is 529. The summed E-state index contributed by atoms with van der Waals surface area (Å²) in [5.41, 5.74) is 0.544. The van der Waals surface area contributed by atoms with Gasteiger partial charge in [-0.2, -0.15) is 0 Å². The smallest absolute Gasteiger partial charge is 0.251 e. The van der Waals surface area contributed by atoms with E-state index in [4.69, 9.17) is 9.47 Å². The zero-order chi connectivity index (χ0) is 15.5. The lowest BCUT2D eigenvalue weighted by Crippen LogP contribution is -2.55. The number of amides is 1. The van der Waals surface area contributed by atoms with Gasteiger partial charge in [-0.15, -0.1) is 6.58 Å². The highest BCUT2D eigenvalue weighted by Crippen LogP contribution is 2.37. The number of benzene rings is 1. The minimum atomic E-state index is -0.495. The molecule has 1 aliphatic rings. The Morgan fingerprint density at radius 1 is 1.57 bits per heavy atom. The van der Waals surface area contributed by atoms with E-state index in [9.17, 15) is 4.79 Å². The summed E-state index contributed by atoms with van der Waals surface area (Å²) in [7, 11) is 3.47. The van der Waals surface area contributed by atoms with Crippen molar-refractivity contribution in [2.24, 2.45) is 0 Å². The second kappa shape index (κ2) is 6.31. The zero-order valence-electron chi connectivity index (χ0n) is 13.0. The molecule has 1 saturated heterocycles. The number of likely N-dealkylation sites (N-methyl/N-ethyl adjacent to an activating group) is 1.